The van der Waals surface area contributed by atoms with Crippen LogP contribution in [0.4, 0.5) is 0 Å². The van der Waals surface area contributed by atoms with Gasteiger partial charge in [-0.2, -0.15) is 0 Å². The van der Waals surface area contributed by atoms with E-state index in [-0.39, 0.29) is 5.97 Å². The van der Waals surface area contributed by atoms with Crippen molar-refractivity contribution in [3.63, 3.8) is 0 Å². The molecule has 1 heterocycles. The average molecular weight is 301 g/mol. The maximum absolute atomic E-state index is 11.5. The first-order chi connectivity index (χ1) is 10.7. The van der Waals surface area contributed by atoms with Gasteiger partial charge < -0.3 is 4.74 Å². The highest BCUT2D eigenvalue weighted by molar-refractivity contribution is 5.89. The Morgan fingerprint density at radius 3 is 2.27 bits per heavy atom. The van der Waals surface area contributed by atoms with Crippen LogP contribution >= 0.6 is 0 Å². The van der Waals surface area contributed by atoms with E-state index in [9.17, 15) is 4.79 Å². The summed E-state index contributed by atoms with van der Waals surface area (Å²) in [5.41, 5.74) is 2.59. The van der Waals surface area contributed by atoms with Crippen molar-refractivity contribution < 1.29 is 9.53 Å². The van der Waals surface area contributed by atoms with Crippen LogP contribution in [0.25, 0.3) is 0 Å². The predicted octanol–water partition coefficient (Wildman–Crippen LogP) is 4.02. The Kier molecular flexibility index (Phi) is 4.82. The van der Waals surface area contributed by atoms with Crippen LogP contribution in [0.1, 0.15) is 60.9 Å². The summed E-state index contributed by atoms with van der Waals surface area (Å²) in [6.07, 6.45) is 9.96. The molecule has 0 radical (unpaired) electrons. The first-order valence-electron chi connectivity index (χ1n) is 8.60. The van der Waals surface area contributed by atoms with Crippen LogP contribution in [-0.2, 0) is 11.3 Å². The van der Waals surface area contributed by atoms with E-state index < -0.39 is 0 Å². The molecule has 3 heteroatoms. The number of rotatable bonds is 3. The van der Waals surface area contributed by atoms with Gasteiger partial charge in [-0.1, -0.05) is 31.4 Å². The number of carbonyl (C=O) groups is 1. The van der Waals surface area contributed by atoms with Crippen molar-refractivity contribution in [2.24, 2.45) is 5.41 Å². The van der Waals surface area contributed by atoms with Gasteiger partial charge in [0.2, 0.25) is 0 Å². The SMILES string of the molecule is COC(=O)c1ccc(CN2CCC3(CCCCC3)CC2)cc1. The second-order valence-corrected chi connectivity index (χ2v) is 7.03. The molecule has 1 saturated heterocycles. The van der Waals surface area contributed by atoms with Gasteiger partial charge in [-0.05, 0) is 61.9 Å². The van der Waals surface area contributed by atoms with E-state index in [1.165, 1.54) is 70.7 Å². The monoisotopic (exact) mass is 301 g/mol. The first kappa shape index (κ1) is 15.5. The molecule has 3 nitrogen and oxygen atoms in total. The molecule has 1 saturated carbocycles. The molecular formula is C19H27NO2. The molecule has 1 spiro atoms. The van der Waals surface area contributed by atoms with Crippen LogP contribution in [0.3, 0.4) is 0 Å². The summed E-state index contributed by atoms with van der Waals surface area (Å²) in [4.78, 5) is 14.0. The smallest absolute Gasteiger partial charge is 0.337 e. The highest BCUT2D eigenvalue weighted by Gasteiger charge is 2.35. The van der Waals surface area contributed by atoms with Gasteiger partial charge in [-0.25, -0.2) is 4.79 Å². The molecule has 0 amide bonds. The molecule has 2 fully saturated rings. The zero-order chi connectivity index (χ0) is 15.4. The second kappa shape index (κ2) is 6.82. The second-order valence-electron chi connectivity index (χ2n) is 7.03. The summed E-state index contributed by atoms with van der Waals surface area (Å²) >= 11 is 0. The molecule has 1 aliphatic heterocycles. The van der Waals surface area contributed by atoms with E-state index in [4.69, 9.17) is 4.74 Å². The van der Waals surface area contributed by atoms with Crippen LogP contribution < -0.4 is 0 Å². The van der Waals surface area contributed by atoms with E-state index in [0.717, 1.165) is 6.54 Å². The largest absolute Gasteiger partial charge is 0.465 e. The predicted molar refractivity (Wildman–Crippen MR) is 87.8 cm³/mol. The highest BCUT2D eigenvalue weighted by Crippen LogP contribution is 2.44. The first-order valence-corrected chi connectivity index (χ1v) is 8.60. The number of methoxy groups -OCH3 is 1. The maximum Gasteiger partial charge on any atom is 0.337 e. The number of ether oxygens (including phenoxy) is 1. The molecule has 0 bridgehead atoms. The highest BCUT2D eigenvalue weighted by atomic mass is 16.5. The number of hydrogen-bond acceptors (Lipinski definition) is 3. The van der Waals surface area contributed by atoms with Gasteiger partial charge in [0.05, 0.1) is 12.7 Å². The maximum atomic E-state index is 11.5. The van der Waals surface area contributed by atoms with Gasteiger partial charge in [-0.3, -0.25) is 4.90 Å². The van der Waals surface area contributed by atoms with Crippen LogP contribution in [0.5, 0.6) is 0 Å². The van der Waals surface area contributed by atoms with E-state index >= 15 is 0 Å². The molecule has 22 heavy (non-hydrogen) atoms. The lowest BCUT2D eigenvalue weighted by Crippen LogP contribution is -2.40. The van der Waals surface area contributed by atoms with Crippen molar-refractivity contribution in [1.29, 1.82) is 0 Å². The van der Waals surface area contributed by atoms with Gasteiger partial charge in [0.1, 0.15) is 0 Å². The fourth-order valence-electron chi connectivity index (χ4n) is 4.11. The third-order valence-corrected chi connectivity index (χ3v) is 5.61. The fourth-order valence-corrected chi connectivity index (χ4v) is 4.11. The van der Waals surface area contributed by atoms with Gasteiger partial charge >= 0.3 is 5.97 Å². The van der Waals surface area contributed by atoms with Crippen LogP contribution in [0, 0.1) is 5.41 Å². The van der Waals surface area contributed by atoms with E-state index in [1.54, 1.807) is 0 Å². The number of carbonyl (C=O) groups excluding carboxylic acids is 1. The Hall–Kier alpha value is -1.35. The minimum atomic E-state index is -0.260. The Balaban J connectivity index is 1.53. The molecule has 0 aromatic heterocycles. The van der Waals surface area contributed by atoms with Crippen molar-refractivity contribution in [3.05, 3.63) is 35.4 Å². The molecule has 1 aromatic rings. The summed E-state index contributed by atoms with van der Waals surface area (Å²) in [7, 11) is 1.42. The average Bonchev–Trinajstić information content (AvgIpc) is 2.58. The van der Waals surface area contributed by atoms with E-state index in [1.807, 2.05) is 12.1 Å². The zero-order valence-electron chi connectivity index (χ0n) is 13.6. The number of likely N-dealkylation sites (tertiary alicyclic amines) is 1. The number of nitrogens with zero attached hydrogens (tertiary/aromatic N) is 1. The van der Waals surface area contributed by atoms with Crippen molar-refractivity contribution in [3.8, 4) is 0 Å². The normalized spacial score (nSPS) is 21.7. The minimum absolute atomic E-state index is 0.260. The van der Waals surface area contributed by atoms with Crippen LogP contribution in [0.15, 0.2) is 24.3 Å². The quantitative estimate of drug-likeness (QED) is 0.790. The topological polar surface area (TPSA) is 29.5 Å². The lowest BCUT2D eigenvalue weighted by Gasteiger charge is -2.44. The Morgan fingerprint density at radius 2 is 1.68 bits per heavy atom. The molecule has 2 aliphatic rings. The molecule has 0 N–H and O–H groups in total. The summed E-state index contributed by atoms with van der Waals surface area (Å²) in [5, 5.41) is 0. The molecule has 1 aliphatic carbocycles. The molecular weight excluding hydrogens is 274 g/mol. The zero-order valence-corrected chi connectivity index (χ0v) is 13.6. The fraction of sp³-hybridized carbons (Fsp3) is 0.632. The number of esters is 1. The van der Waals surface area contributed by atoms with Crippen molar-refractivity contribution in [1.82, 2.24) is 4.90 Å². The number of piperidine rings is 1. The van der Waals surface area contributed by atoms with Crippen molar-refractivity contribution in [2.45, 2.75) is 51.5 Å². The van der Waals surface area contributed by atoms with Gasteiger partial charge in [0.15, 0.2) is 0 Å². The molecule has 1 aromatic carbocycles. The van der Waals surface area contributed by atoms with Gasteiger partial charge in [0.25, 0.3) is 0 Å². The third-order valence-electron chi connectivity index (χ3n) is 5.61. The third kappa shape index (κ3) is 3.52. The van der Waals surface area contributed by atoms with Crippen LogP contribution in [-0.4, -0.2) is 31.1 Å². The minimum Gasteiger partial charge on any atom is -0.465 e. The standard InChI is InChI=1S/C19H27NO2/c1-22-18(21)17-7-5-16(6-8-17)15-20-13-11-19(12-14-20)9-3-2-4-10-19/h5-8H,2-4,9-15H2,1H3. The van der Waals surface area contributed by atoms with Crippen molar-refractivity contribution in [2.75, 3.05) is 20.2 Å². The summed E-state index contributed by atoms with van der Waals surface area (Å²) in [6.45, 7) is 3.44. The Morgan fingerprint density at radius 1 is 1.05 bits per heavy atom. The lowest BCUT2D eigenvalue weighted by molar-refractivity contribution is 0.0599. The molecule has 0 unspecified atom stereocenters. The Labute approximate surface area is 133 Å². The lowest BCUT2D eigenvalue weighted by atomic mass is 9.68. The van der Waals surface area contributed by atoms with Crippen LogP contribution in [0.2, 0.25) is 0 Å². The summed E-state index contributed by atoms with van der Waals surface area (Å²) in [6, 6.07) is 7.84. The summed E-state index contributed by atoms with van der Waals surface area (Å²) < 4.78 is 4.74. The molecule has 3 rings (SSSR count). The Bertz CT molecular complexity index is 493. The summed E-state index contributed by atoms with van der Waals surface area (Å²) in [5.74, 6) is -0.260. The van der Waals surface area contributed by atoms with Gasteiger partial charge in [0, 0.05) is 6.54 Å². The number of hydrogen-bond donors (Lipinski definition) is 0. The van der Waals surface area contributed by atoms with E-state index in [2.05, 4.69) is 17.0 Å². The molecule has 120 valence electrons. The number of benzene rings is 1. The molecule has 0 atom stereocenters. The van der Waals surface area contributed by atoms with Gasteiger partial charge in [-0.15, -0.1) is 0 Å². The van der Waals surface area contributed by atoms with Crippen molar-refractivity contribution >= 4 is 5.97 Å². The van der Waals surface area contributed by atoms with E-state index in [0.29, 0.717) is 11.0 Å².